The van der Waals surface area contributed by atoms with Crippen molar-refractivity contribution < 1.29 is 4.42 Å². The van der Waals surface area contributed by atoms with Crippen LogP contribution in [0.15, 0.2) is 29.0 Å². The van der Waals surface area contributed by atoms with Gasteiger partial charge in [0.1, 0.15) is 10.8 Å². The van der Waals surface area contributed by atoms with Crippen LogP contribution in [0.25, 0.3) is 0 Å². The summed E-state index contributed by atoms with van der Waals surface area (Å²) in [5.41, 5.74) is 5.63. The highest BCUT2D eigenvalue weighted by Gasteiger charge is 2.32. The van der Waals surface area contributed by atoms with Gasteiger partial charge in [0.2, 0.25) is 5.95 Å². The van der Waals surface area contributed by atoms with E-state index in [9.17, 15) is 0 Å². The van der Waals surface area contributed by atoms with Crippen LogP contribution in [0.4, 0.5) is 11.8 Å². The SMILES string of the molecule is Nc1ncc(Cl)c(N(Cc2ccco2)C2CC2)n1. The number of halogens is 1. The van der Waals surface area contributed by atoms with Crippen molar-refractivity contribution in [2.75, 3.05) is 10.6 Å². The van der Waals surface area contributed by atoms with Gasteiger partial charge in [0, 0.05) is 6.04 Å². The number of furan rings is 1. The summed E-state index contributed by atoms with van der Waals surface area (Å²) >= 11 is 6.15. The van der Waals surface area contributed by atoms with E-state index in [2.05, 4.69) is 14.9 Å². The first-order valence-electron chi connectivity index (χ1n) is 5.81. The minimum absolute atomic E-state index is 0.236. The molecule has 2 aromatic rings. The van der Waals surface area contributed by atoms with E-state index in [4.69, 9.17) is 21.8 Å². The first kappa shape index (κ1) is 11.3. The van der Waals surface area contributed by atoms with E-state index >= 15 is 0 Å². The van der Waals surface area contributed by atoms with E-state index in [0.29, 0.717) is 23.4 Å². The minimum Gasteiger partial charge on any atom is -0.467 e. The molecule has 6 heteroatoms. The third-order valence-electron chi connectivity index (χ3n) is 2.91. The van der Waals surface area contributed by atoms with Crippen LogP contribution >= 0.6 is 11.6 Å². The molecule has 0 unspecified atom stereocenters. The first-order valence-corrected chi connectivity index (χ1v) is 6.19. The Morgan fingerprint density at radius 2 is 2.33 bits per heavy atom. The standard InChI is InChI=1S/C12H13ClN4O/c13-10-6-15-12(14)16-11(10)17(8-3-4-8)7-9-2-1-5-18-9/h1-2,5-6,8H,3-4,7H2,(H2,14,15,16). The van der Waals surface area contributed by atoms with Gasteiger partial charge in [-0.05, 0) is 25.0 Å². The number of nitrogens with zero attached hydrogens (tertiary/aromatic N) is 3. The lowest BCUT2D eigenvalue weighted by Gasteiger charge is -2.23. The van der Waals surface area contributed by atoms with Crippen molar-refractivity contribution in [2.45, 2.75) is 25.4 Å². The number of hydrogen-bond acceptors (Lipinski definition) is 5. The summed E-state index contributed by atoms with van der Waals surface area (Å²) in [7, 11) is 0. The smallest absolute Gasteiger partial charge is 0.222 e. The van der Waals surface area contributed by atoms with Crippen LogP contribution in [0.2, 0.25) is 5.02 Å². The van der Waals surface area contributed by atoms with Crippen molar-refractivity contribution in [3.8, 4) is 0 Å². The van der Waals surface area contributed by atoms with Crippen LogP contribution in [0.3, 0.4) is 0 Å². The van der Waals surface area contributed by atoms with Crippen LogP contribution in [0.5, 0.6) is 0 Å². The molecule has 0 bridgehead atoms. The molecule has 1 fully saturated rings. The number of anilines is 2. The lowest BCUT2D eigenvalue weighted by Crippen LogP contribution is -2.26. The molecule has 0 aliphatic heterocycles. The molecule has 0 amide bonds. The number of nitrogens with two attached hydrogens (primary N) is 1. The molecule has 1 aliphatic rings. The minimum atomic E-state index is 0.236. The molecule has 1 aliphatic carbocycles. The van der Waals surface area contributed by atoms with Crippen LogP contribution in [-0.4, -0.2) is 16.0 Å². The Morgan fingerprint density at radius 3 is 3.00 bits per heavy atom. The zero-order valence-electron chi connectivity index (χ0n) is 9.71. The summed E-state index contributed by atoms with van der Waals surface area (Å²) in [6.07, 6.45) is 5.48. The summed E-state index contributed by atoms with van der Waals surface area (Å²) in [6.45, 7) is 0.647. The maximum Gasteiger partial charge on any atom is 0.222 e. The van der Waals surface area contributed by atoms with Gasteiger partial charge in [0.15, 0.2) is 5.82 Å². The van der Waals surface area contributed by atoms with E-state index < -0.39 is 0 Å². The predicted octanol–water partition coefficient (Wildman–Crippen LogP) is 2.47. The molecule has 2 N–H and O–H groups in total. The van der Waals surface area contributed by atoms with Gasteiger partial charge in [-0.25, -0.2) is 4.98 Å². The molecular weight excluding hydrogens is 252 g/mol. The first-order chi connectivity index (χ1) is 8.74. The molecule has 0 radical (unpaired) electrons. The molecule has 2 aromatic heterocycles. The molecule has 5 nitrogen and oxygen atoms in total. The predicted molar refractivity (Wildman–Crippen MR) is 69.4 cm³/mol. The average molecular weight is 265 g/mol. The summed E-state index contributed by atoms with van der Waals surface area (Å²) in [5.74, 6) is 1.80. The van der Waals surface area contributed by atoms with Gasteiger partial charge in [-0.2, -0.15) is 4.98 Å². The van der Waals surface area contributed by atoms with Gasteiger partial charge in [-0.3, -0.25) is 0 Å². The highest BCUT2D eigenvalue weighted by Crippen LogP contribution is 2.35. The molecule has 0 aromatic carbocycles. The molecule has 0 atom stereocenters. The van der Waals surface area contributed by atoms with Crippen molar-refractivity contribution in [3.05, 3.63) is 35.4 Å². The molecular formula is C12H13ClN4O. The highest BCUT2D eigenvalue weighted by atomic mass is 35.5. The van der Waals surface area contributed by atoms with Crippen molar-refractivity contribution in [2.24, 2.45) is 0 Å². The summed E-state index contributed by atoms with van der Waals surface area (Å²) < 4.78 is 5.37. The lowest BCUT2D eigenvalue weighted by atomic mass is 10.3. The molecule has 18 heavy (non-hydrogen) atoms. The van der Waals surface area contributed by atoms with E-state index in [1.54, 1.807) is 6.26 Å². The number of nitrogen functional groups attached to an aromatic ring is 1. The van der Waals surface area contributed by atoms with Gasteiger partial charge in [0.05, 0.1) is 19.0 Å². The Morgan fingerprint density at radius 1 is 1.50 bits per heavy atom. The quantitative estimate of drug-likeness (QED) is 0.919. The van der Waals surface area contributed by atoms with Crippen molar-refractivity contribution >= 4 is 23.4 Å². The number of rotatable bonds is 4. The zero-order valence-corrected chi connectivity index (χ0v) is 10.5. The van der Waals surface area contributed by atoms with Crippen molar-refractivity contribution in [1.29, 1.82) is 0 Å². The third kappa shape index (κ3) is 2.26. The molecule has 0 spiro atoms. The maximum absolute atomic E-state index is 6.15. The molecule has 3 rings (SSSR count). The Kier molecular flexibility index (Phi) is 2.83. The monoisotopic (exact) mass is 264 g/mol. The summed E-state index contributed by atoms with van der Waals surface area (Å²) in [6, 6.07) is 4.27. The third-order valence-corrected chi connectivity index (χ3v) is 3.18. The van der Waals surface area contributed by atoms with E-state index in [1.165, 1.54) is 6.20 Å². The molecule has 2 heterocycles. The topological polar surface area (TPSA) is 68.2 Å². The second-order valence-electron chi connectivity index (χ2n) is 4.34. The van der Waals surface area contributed by atoms with Gasteiger partial charge in [0.25, 0.3) is 0 Å². The normalized spacial score (nSPS) is 14.7. The zero-order chi connectivity index (χ0) is 12.5. The van der Waals surface area contributed by atoms with Crippen LogP contribution in [-0.2, 0) is 6.54 Å². The van der Waals surface area contributed by atoms with E-state index in [-0.39, 0.29) is 5.95 Å². The van der Waals surface area contributed by atoms with Crippen molar-refractivity contribution in [3.63, 3.8) is 0 Å². The average Bonchev–Trinajstić information content (AvgIpc) is 3.07. The van der Waals surface area contributed by atoms with E-state index in [1.807, 2.05) is 12.1 Å². The van der Waals surface area contributed by atoms with Gasteiger partial charge >= 0.3 is 0 Å². The summed E-state index contributed by atoms with van der Waals surface area (Å²) in [4.78, 5) is 10.2. The van der Waals surface area contributed by atoms with Gasteiger partial charge in [-0.1, -0.05) is 11.6 Å². The van der Waals surface area contributed by atoms with Crippen molar-refractivity contribution in [1.82, 2.24) is 9.97 Å². The van der Waals surface area contributed by atoms with Gasteiger partial charge in [-0.15, -0.1) is 0 Å². The van der Waals surface area contributed by atoms with Gasteiger partial charge < -0.3 is 15.1 Å². The number of hydrogen-bond donors (Lipinski definition) is 1. The molecule has 1 saturated carbocycles. The second-order valence-corrected chi connectivity index (χ2v) is 4.75. The van der Waals surface area contributed by atoms with E-state index in [0.717, 1.165) is 18.6 Å². The lowest BCUT2D eigenvalue weighted by molar-refractivity contribution is 0.500. The Balaban J connectivity index is 1.91. The largest absolute Gasteiger partial charge is 0.467 e. The fourth-order valence-electron chi connectivity index (χ4n) is 1.91. The Bertz CT molecular complexity index is 539. The van der Waals surface area contributed by atoms with Crippen LogP contribution in [0, 0.1) is 0 Å². The number of aromatic nitrogens is 2. The second kappa shape index (κ2) is 4.49. The fraction of sp³-hybridized carbons (Fsp3) is 0.333. The highest BCUT2D eigenvalue weighted by molar-refractivity contribution is 6.32. The van der Waals surface area contributed by atoms with Crippen LogP contribution in [0.1, 0.15) is 18.6 Å². The Hall–Kier alpha value is -1.75. The Labute approximate surface area is 110 Å². The molecule has 94 valence electrons. The maximum atomic E-state index is 6.15. The fourth-order valence-corrected chi connectivity index (χ4v) is 2.11. The molecule has 0 saturated heterocycles. The summed E-state index contributed by atoms with van der Waals surface area (Å²) in [5, 5.41) is 0.516. The van der Waals surface area contributed by atoms with Crippen LogP contribution < -0.4 is 10.6 Å².